The first-order chi connectivity index (χ1) is 9.51. The van der Waals surface area contributed by atoms with E-state index < -0.39 is 18.3 Å². The minimum atomic E-state index is -3.51. The van der Waals surface area contributed by atoms with Crippen molar-refractivity contribution in [1.82, 2.24) is 0 Å². The highest BCUT2D eigenvalue weighted by molar-refractivity contribution is 6.00. The molecular weight excluding hydrogens is 268 g/mol. The highest BCUT2D eigenvalue weighted by Crippen LogP contribution is 2.23. The number of hydrogen-bond donors (Lipinski definition) is 1. The SMILES string of the molecule is CCOC(=O)C(F)(F)CCC/C(=N\O)c1ccccc1. The maximum Gasteiger partial charge on any atom is 0.376 e. The van der Waals surface area contributed by atoms with Crippen molar-refractivity contribution < 1.29 is 23.5 Å². The van der Waals surface area contributed by atoms with E-state index in [1.54, 1.807) is 30.3 Å². The highest BCUT2D eigenvalue weighted by Gasteiger charge is 2.39. The van der Waals surface area contributed by atoms with Crippen molar-refractivity contribution in [2.75, 3.05) is 6.61 Å². The number of esters is 1. The molecule has 6 heteroatoms. The van der Waals surface area contributed by atoms with E-state index in [1.165, 1.54) is 6.92 Å². The minimum absolute atomic E-state index is 0.0140. The predicted molar refractivity (Wildman–Crippen MR) is 70.2 cm³/mol. The summed E-state index contributed by atoms with van der Waals surface area (Å²) in [5, 5.41) is 12.0. The van der Waals surface area contributed by atoms with E-state index in [0.717, 1.165) is 0 Å². The zero-order chi connectivity index (χ0) is 15.0. The van der Waals surface area contributed by atoms with Gasteiger partial charge in [0.15, 0.2) is 0 Å². The van der Waals surface area contributed by atoms with Crippen molar-refractivity contribution >= 4 is 11.7 Å². The first-order valence-electron chi connectivity index (χ1n) is 6.32. The van der Waals surface area contributed by atoms with Crippen LogP contribution >= 0.6 is 0 Å². The van der Waals surface area contributed by atoms with Gasteiger partial charge in [0, 0.05) is 6.42 Å². The second-order valence-electron chi connectivity index (χ2n) is 4.19. The summed E-state index contributed by atoms with van der Waals surface area (Å²) >= 11 is 0. The lowest BCUT2D eigenvalue weighted by molar-refractivity contribution is -0.172. The summed E-state index contributed by atoms with van der Waals surface area (Å²) in [6, 6.07) is 8.76. The Balaban J connectivity index is 2.53. The Kier molecular flexibility index (Phi) is 6.09. The molecule has 0 aliphatic rings. The van der Waals surface area contributed by atoms with Gasteiger partial charge in [0.25, 0.3) is 0 Å². The monoisotopic (exact) mass is 285 g/mol. The standard InChI is InChI=1S/C14H17F2NO3/c1-2-20-13(18)14(15,16)10-6-9-12(17-19)11-7-4-3-5-8-11/h3-5,7-8,19H,2,6,9-10H2,1H3/b17-12+. The van der Waals surface area contributed by atoms with Gasteiger partial charge in [-0.15, -0.1) is 0 Å². The van der Waals surface area contributed by atoms with E-state index in [4.69, 9.17) is 5.21 Å². The van der Waals surface area contributed by atoms with E-state index in [2.05, 4.69) is 9.89 Å². The summed E-state index contributed by atoms with van der Waals surface area (Å²) in [6.45, 7) is 1.39. The molecule has 1 rings (SSSR count). The molecule has 0 unspecified atom stereocenters. The van der Waals surface area contributed by atoms with Gasteiger partial charge in [0.05, 0.1) is 12.3 Å². The van der Waals surface area contributed by atoms with E-state index in [9.17, 15) is 13.6 Å². The van der Waals surface area contributed by atoms with E-state index in [-0.39, 0.29) is 19.4 Å². The van der Waals surface area contributed by atoms with Crippen molar-refractivity contribution in [3.05, 3.63) is 35.9 Å². The quantitative estimate of drug-likeness (QED) is 0.362. The molecule has 0 spiro atoms. The van der Waals surface area contributed by atoms with Crippen molar-refractivity contribution in [3.63, 3.8) is 0 Å². The molecule has 4 nitrogen and oxygen atoms in total. The summed E-state index contributed by atoms with van der Waals surface area (Å²) in [5.41, 5.74) is 0.972. The van der Waals surface area contributed by atoms with Gasteiger partial charge < -0.3 is 9.94 Å². The number of alkyl halides is 2. The lowest BCUT2D eigenvalue weighted by Gasteiger charge is -2.14. The third-order valence-electron chi connectivity index (χ3n) is 2.71. The number of hydrogen-bond acceptors (Lipinski definition) is 4. The number of oxime groups is 1. The molecule has 110 valence electrons. The lowest BCUT2D eigenvalue weighted by Crippen LogP contribution is -2.30. The summed E-state index contributed by atoms with van der Waals surface area (Å²) in [7, 11) is 0. The van der Waals surface area contributed by atoms with Crippen molar-refractivity contribution in [1.29, 1.82) is 0 Å². The van der Waals surface area contributed by atoms with E-state index in [1.807, 2.05) is 0 Å². The molecule has 0 bridgehead atoms. The number of rotatable bonds is 7. The third-order valence-corrected chi connectivity index (χ3v) is 2.71. The van der Waals surface area contributed by atoms with Crippen LogP contribution in [0.5, 0.6) is 0 Å². The third kappa shape index (κ3) is 4.60. The molecule has 0 radical (unpaired) electrons. The van der Waals surface area contributed by atoms with Gasteiger partial charge in [-0.3, -0.25) is 0 Å². The molecule has 0 fully saturated rings. The van der Waals surface area contributed by atoms with Crippen LogP contribution in [0.4, 0.5) is 8.78 Å². The number of halogens is 2. The molecular formula is C14H17F2NO3. The van der Waals surface area contributed by atoms with Crippen LogP contribution in [-0.2, 0) is 9.53 Å². The zero-order valence-corrected chi connectivity index (χ0v) is 11.2. The second-order valence-corrected chi connectivity index (χ2v) is 4.19. The van der Waals surface area contributed by atoms with Crippen LogP contribution in [0, 0.1) is 0 Å². The number of benzene rings is 1. The molecule has 1 aromatic rings. The molecule has 0 saturated heterocycles. The fraction of sp³-hybridized carbons (Fsp3) is 0.429. The summed E-state index contributed by atoms with van der Waals surface area (Å²) in [6.07, 6.45) is -0.479. The van der Waals surface area contributed by atoms with E-state index in [0.29, 0.717) is 11.3 Å². The Bertz CT molecular complexity index is 461. The normalized spacial score (nSPS) is 12.2. The van der Waals surface area contributed by atoms with Crippen LogP contribution in [-0.4, -0.2) is 29.4 Å². The molecule has 1 aromatic carbocycles. The predicted octanol–water partition coefficient (Wildman–Crippen LogP) is 3.23. The molecule has 0 aliphatic heterocycles. The Hall–Kier alpha value is -1.98. The fourth-order valence-electron chi connectivity index (χ4n) is 1.70. The highest BCUT2D eigenvalue weighted by atomic mass is 19.3. The smallest absolute Gasteiger partial charge is 0.376 e. The van der Waals surface area contributed by atoms with Gasteiger partial charge in [0.2, 0.25) is 0 Å². The first kappa shape index (κ1) is 16.1. The Morgan fingerprint density at radius 3 is 2.55 bits per heavy atom. The van der Waals surface area contributed by atoms with Gasteiger partial charge in [0.1, 0.15) is 0 Å². The largest absolute Gasteiger partial charge is 0.462 e. The van der Waals surface area contributed by atoms with Crippen LogP contribution in [0.1, 0.15) is 31.7 Å². The molecule has 0 atom stereocenters. The van der Waals surface area contributed by atoms with Gasteiger partial charge >= 0.3 is 11.9 Å². The maximum absolute atomic E-state index is 13.4. The molecule has 0 aliphatic carbocycles. The minimum Gasteiger partial charge on any atom is -0.462 e. The fourth-order valence-corrected chi connectivity index (χ4v) is 1.70. The molecule has 0 amide bonds. The average molecular weight is 285 g/mol. The molecule has 1 N–H and O–H groups in total. The van der Waals surface area contributed by atoms with Gasteiger partial charge in [-0.1, -0.05) is 35.5 Å². The van der Waals surface area contributed by atoms with Crippen molar-refractivity contribution in [2.24, 2.45) is 5.16 Å². The van der Waals surface area contributed by atoms with Crippen LogP contribution in [0.25, 0.3) is 0 Å². The van der Waals surface area contributed by atoms with Crippen LogP contribution in [0.2, 0.25) is 0 Å². The number of carbonyl (C=O) groups excluding carboxylic acids is 1. The number of carbonyl (C=O) groups is 1. The zero-order valence-electron chi connectivity index (χ0n) is 11.2. The summed E-state index contributed by atoms with van der Waals surface area (Å²) in [5.74, 6) is -5.02. The second kappa shape index (κ2) is 7.57. The molecule has 20 heavy (non-hydrogen) atoms. The van der Waals surface area contributed by atoms with Crippen molar-refractivity contribution in [2.45, 2.75) is 32.1 Å². The van der Waals surface area contributed by atoms with Gasteiger partial charge in [-0.2, -0.15) is 8.78 Å². The Morgan fingerprint density at radius 1 is 1.35 bits per heavy atom. The first-order valence-corrected chi connectivity index (χ1v) is 6.32. The Labute approximate surface area is 116 Å². The van der Waals surface area contributed by atoms with E-state index >= 15 is 0 Å². The lowest BCUT2D eigenvalue weighted by atomic mass is 10.0. The summed E-state index contributed by atoms with van der Waals surface area (Å²) in [4.78, 5) is 11.0. The maximum atomic E-state index is 13.4. The molecule has 0 heterocycles. The van der Waals surface area contributed by atoms with Crippen LogP contribution in [0.15, 0.2) is 35.5 Å². The van der Waals surface area contributed by atoms with Crippen LogP contribution in [0.3, 0.4) is 0 Å². The topological polar surface area (TPSA) is 58.9 Å². The van der Waals surface area contributed by atoms with Crippen molar-refractivity contribution in [3.8, 4) is 0 Å². The Morgan fingerprint density at radius 2 is 2.00 bits per heavy atom. The van der Waals surface area contributed by atoms with Gasteiger partial charge in [-0.25, -0.2) is 4.79 Å². The number of nitrogens with zero attached hydrogens (tertiary/aromatic N) is 1. The van der Waals surface area contributed by atoms with Crippen LogP contribution < -0.4 is 0 Å². The molecule has 0 saturated carbocycles. The molecule has 0 aromatic heterocycles. The summed E-state index contributed by atoms with van der Waals surface area (Å²) < 4.78 is 31.1. The van der Waals surface area contributed by atoms with Gasteiger partial charge in [-0.05, 0) is 25.3 Å². The average Bonchev–Trinajstić information content (AvgIpc) is 2.45. The number of ether oxygens (including phenoxy) is 1.